The molecule has 2 aromatic carbocycles. The molecule has 32 heavy (non-hydrogen) atoms. The average Bonchev–Trinajstić information content (AvgIpc) is 2.78. The Balaban J connectivity index is 1.58. The SMILES string of the molecule is COc1ccc(Cl)cc1[C@H](C)Nc1ccc(C(=O)NC[C@H]2CC[C@H](C(=O)O)CC2)cc1C. The number of carboxylic acids is 1. The van der Waals surface area contributed by atoms with Crippen molar-refractivity contribution in [1.29, 1.82) is 0 Å². The van der Waals surface area contributed by atoms with Crippen LogP contribution in [0.1, 0.15) is 60.1 Å². The molecule has 0 radical (unpaired) electrons. The van der Waals surface area contributed by atoms with E-state index in [1.165, 1.54) is 0 Å². The van der Waals surface area contributed by atoms with Crippen LogP contribution >= 0.6 is 11.6 Å². The van der Waals surface area contributed by atoms with Crippen molar-refractivity contribution in [2.24, 2.45) is 11.8 Å². The second-order valence-corrected chi connectivity index (χ2v) is 8.98. The molecule has 0 aromatic heterocycles. The fraction of sp³-hybridized carbons (Fsp3) is 0.440. The van der Waals surface area contributed by atoms with E-state index < -0.39 is 5.97 Å². The van der Waals surface area contributed by atoms with Gasteiger partial charge < -0.3 is 20.5 Å². The number of carbonyl (C=O) groups is 2. The van der Waals surface area contributed by atoms with E-state index >= 15 is 0 Å². The largest absolute Gasteiger partial charge is 0.496 e. The van der Waals surface area contributed by atoms with E-state index in [9.17, 15) is 9.59 Å². The number of amides is 1. The first-order valence-corrected chi connectivity index (χ1v) is 11.4. The number of ether oxygens (including phenoxy) is 1. The summed E-state index contributed by atoms with van der Waals surface area (Å²) < 4.78 is 5.45. The molecule has 1 amide bonds. The molecule has 3 N–H and O–H groups in total. The normalized spacial score (nSPS) is 19.1. The van der Waals surface area contributed by atoms with Gasteiger partial charge >= 0.3 is 5.97 Å². The van der Waals surface area contributed by atoms with Crippen molar-refractivity contribution in [3.05, 3.63) is 58.1 Å². The minimum Gasteiger partial charge on any atom is -0.496 e. The maximum absolute atomic E-state index is 12.6. The summed E-state index contributed by atoms with van der Waals surface area (Å²) in [6.45, 7) is 4.58. The van der Waals surface area contributed by atoms with Gasteiger partial charge in [-0.2, -0.15) is 0 Å². The maximum atomic E-state index is 12.6. The second-order valence-electron chi connectivity index (χ2n) is 8.55. The fourth-order valence-corrected chi connectivity index (χ4v) is 4.45. The molecule has 7 heteroatoms. The molecule has 0 aliphatic heterocycles. The number of anilines is 1. The topological polar surface area (TPSA) is 87.7 Å². The van der Waals surface area contributed by atoms with E-state index in [-0.39, 0.29) is 17.9 Å². The van der Waals surface area contributed by atoms with Crippen molar-refractivity contribution < 1.29 is 19.4 Å². The number of hydrogen-bond acceptors (Lipinski definition) is 4. The Hall–Kier alpha value is -2.73. The average molecular weight is 459 g/mol. The Labute approximate surface area is 194 Å². The summed E-state index contributed by atoms with van der Waals surface area (Å²) >= 11 is 6.16. The van der Waals surface area contributed by atoms with E-state index in [4.69, 9.17) is 21.4 Å². The van der Waals surface area contributed by atoms with E-state index in [0.29, 0.717) is 35.9 Å². The van der Waals surface area contributed by atoms with E-state index in [0.717, 1.165) is 35.4 Å². The summed E-state index contributed by atoms with van der Waals surface area (Å²) in [6.07, 6.45) is 3.05. The summed E-state index contributed by atoms with van der Waals surface area (Å²) in [5, 5.41) is 16.2. The number of aliphatic carboxylic acids is 1. The van der Waals surface area contributed by atoms with Crippen LogP contribution in [-0.4, -0.2) is 30.6 Å². The predicted octanol–water partition coefficient (Wildman–Crippen LogP) is 5.45. The summed E-state index contributed by atoms with van der Waals surface area (Å²) in [4.78, 5) is 23.7. The van der Waals surface area contributed by atoms with E-state index in [1.54, 1.807) is 13.2 Å². The molecule has 1 fully saturated rings. The van der Waals surface area contributed by atoms with Crippen LogP contribution in [0.3, 0.4) is 0 Å². The lowest BCUT2D eigenvalue weighted by molar-refractivity contribution is -0.143. The van der Waals surface area contributed by atoms with Crippen LogP contribution < -0.4 is 15.4 Å². The second kappa shape index (κ2) is 10.7. The number of aryl methyl sites for hydroxylation is 1. The molecule has 1 aliphatic carbocycles. The van der Waals surface area contributed by atoms with Gasteiger partial charge in [0.1, 0.15) is 5.75 Å². The molecule has 0 heterocycles. The quantitative estimate of drug-likeness (QED) is 0.489. The molecule has 6 nitrogen and oxygen atoms in total. The third kappa shape index (κ3) is 5.94. The minimum absolute atomic E-state index is 0.0389. The van der Waals surface area contributed by atoms with Crippen LogP contribution in [-0.2, 0) is 4.79 Å². The standard InChI is InChI=1S/C25H31ClN2O4/c1-15-12-19(24(29)27-14-17-4-6-18(7-5-17)25(30)31)8-10-22(15)28-16(2)21-13-20(26)9-11-23(21)32-3/h8-13,16-18,28H,4-7,14H2,1-3H3,(H,27,29)(H,30,31)/t16-,17-,18-/m0/s1. The number of hydrogen-bond donors (Lipinski definition) is 3. The van der Waals surface area contributed by atoms with Crippen molar-refractivity contribution in [3.63, 3.8) is 0 Å². The predicted molar refractivity (Wildman–Crippen MR) is 127 cm³/mol. The number of nitrogens with one attached hydrogen (secondary N) is 2. The first-order chi connectivity index (χ1) is 15.3. The van der Waals surface area contributed by atoms with Crippen LogP contribution in [0.5, 0.6) is 5.75 Å². The molecule has 1 saturated carbocycles. The van der Waals surface area contributed by atoms with Gasteiger partial charge in [0.25, 0.3) is 5.91 Å². The number of rotatable bonds is 8. The van der Waals surface area contributed by atoms with Gasteiger partial charge in [0.05, 0.1) is 19.1 Å². The van der Waals surface area contributed by atoms with Crippen molar-refractivity contribution in [3.8, 4) is 5.75 Å². The first-order valence-electron chi connectivity index (χ1n) is 11.0. The van der Waals surface area contributed by atoms with Gasteiger partial charge in [0.15, 0.2) is 0 Å². The molecule has 0 saturated heterocycles. The van der Waals surface area contributed by atoms with Gasteiger partial charge in [-0.15, -0.1) is 0 Å². The summed E-state index contributed by atoms with van der Waals surface area (Å²) in [5.74, 6) is 0.0498. The third-order valence-electron chi connectivity index (χ3n) is 6.27. The lowest BCUT2D eigenvalue weighted by Crippen LogP contribution is -2.32. The molecule has 0 spiro atoms. The van der Waals surface area contributed by atoms with Crippen molar-refractivity contribution >= 4 is 29.2 Å². The Morgan fingerprint density at radius 3 is 2.50 bits per heavy atom. The zero-order chi connectivity index (χ0) is 23.3. The summed E-state index contributed by atoms with van der Waals surface area (Å²) in [7, 11) is 1.63. The van der Waals surface area contributed by atoms with Crippen LogP contribution in [0.2, 0.25) is 5.02 Å². The first kappa shape index (κ1) is 23.9. The highest BCUT2D eigenvalue weighted by Gasteiger charge is 2.26. The zero-order valence-corrected chi connectivity index (χ0v) is 19.5. The Morgan fingerprint density at radius 2 is 1.88 bits per heavy atom. The molecule has 2 aromatic rings. The Bertz CT molecular complexity index is 970. The van der Waals surface area contributed by atoms with E-state index in [1.807, 2.05) is 44.2 Å². The van der Waals surface area contributed by atoms with Crippen molar-refractivity contribution in [2.45, 2.75) is 45.6 Å². The third-order valence-corrected chi connectivity index (χ3v) is 6.50. The van der Waals surface area contributed by atoms with Crippen LogP contribution in [0.25, 0.3) is 0 Å². The smallest absolute Gasteiger partial charge is 0.306 e. The van der Waals surface area contributed by atoms with Crippen molar-refractivity contribution in [2.75, 3.05) is 19.0 Å². The zero-order valence-electron chi connectivity index (χ0n) is 18.8. The summed E-state index contributed by atoms with van der Waals surface area (Å²) in [5.41, 5.74) is 3.47. The molecule has 1 atom stereocenters. The van der Waals surface area contributed by atoms with Crippen LogP contribution in [0.15, 0.2) is 36.4 Å². The molecular weight excluding hydrogens is 428 g/mol. The van der Waals surface area contributed by atoms with Crippen molar-refractivity contribution in [1.82, 2.24) is 5.32 Å². The maximum Gasteiger partial charge on any atom is 0.306 e. The Kier molecular flexibility index (Phi) is 8.02. The minimum atomic E-state index is -0.709. The summed E-state index contributed by atoms with van der Waals surface area (Å²) in [6, 6.07) is 11.1. The highest BCUT2D eigenvalue weighted by Crippen LogP contribution is 2.32. The van der Waals surface area contributed by atoms with Gasteiger partial charge in [0, 0.05) is 28.4 Å². The molecule has 1 aliphatic rings. The number of carboxylic acid groups (broad SMARTS) is 1. The monoisotopic (exact) mass is 458 g/mol. The molecule has 172 valence electrons. The molecule has 3 rings (SSSR count). The Morgan fingerprint density at radius 1 is 1.16 bits per heavy atom. The van der Waals surface area contributed by atoms with Gasteiger partial charge in [0.2, 0.25) is 0 Å². The highest BCUT2D eigenvalue weighted by molar-refractivity contribution is 6.30. The van der Waals surface area contributed by atoms with Gasteiger partial charge in [-0.25, -0.2) is 0 Å². The number of halogens is 1. The lowest BCUT2D eigenvalue weighted by atomic mass is 9.82. The number of carbonyl (C=O) groups excluding carboxylic acids is 1. The van der Waals surface area contributed by atoms with Crippen LogP contribution in [0.4, 0.5) is 5.69 Å². The molecule has 0 bridgehead atoms. The van der Waals surface area contributed by atoms with Crippen LogP contribution in [0, 0.1) is 18.8 Å². The number of methoxy groups -OCH3 is 1. The van der Waals surface area contributed by atoms with Gasteiger partial charge in [-0.1, -0.05) is 11.6 Å². The van der Waals surface area contributed by atoms with E-state index in [2.05, 4.69) is 10.6 Å². The number of benzene rings is 2. The highest BCUT2D eigenvalue weighted by atomic mass is 35.5. The van der Waals surface area contributed by atoms with Gasteiger partial charge in [-0.3, -0.25) is 9.59 Å². The molecule has 0 unspecified atom stereocenters. The molecular formula is C25H31ClN2O4. The van der Waals surface area contributed by atoms with Gasteiger partial charge in [-0.05, 0) is 87.4 Å². The lowest BCUT2D eigenvalue weighted by Gasteiger charge is -2.26. The fourth-order valence-electron chi connectivity index (χ4n) is 4.27.